The molecule has 0 saturated carbocycles. The quantitative estimate of drug-likeness (QED) is 0.0301. The molecule has 2 aliphatic heterocycles. The summed E-state index contributed by atoms with van der Waals surface area (Å²) in [6.07, 6.45) is 24.9. The third kappa shape index (κ3) is 17.0. The van der Waals surface area contributed by atoms with Crippen LogP contribution in [0.15, 0.2) is 119 Å². The Hall–Kier alpha value is -4.92. The Morgan fingerprint density at radius 3 is 2.31 bits per heavy atom. The van der Waals surface area contributed by atoms with Gasteiger partial charge < -0.3 is 25.7 Å². The van der Waals surface area contributed by atoms with Gasteiger partial charge in [0.05, 0.1) is 29.8 Å². The van der Waals surface area contributed by atoms with Crippen molar-refractivity contribution in [1.29, 1.82) is 0 Å². The van der Waals surface area contributed by atoms with Crippen LogP contribution in [-0.2, 0) is 35.3 Å². The summed E-state index contributed by atoms with van der Waals surface area (Å²) in [5.41, 5.74) is 9.80. The number of carbonyl (C=O) groups is 3. The molecular formula is C69H98ClN4O8S+. The third-order valence-electron chi connectivity index (χ3n) is 18.9. The number of anilines is 1. The lowest BCUT2D eigenvalue weighted by Gasteiger charge is -2.44. The molecule has 5 N–H and O–H groups in total. The number of benzene rings is 2. The number of unbranched alkanes of at least 4 members (excludes halogenated alkanes) is 3. The second kappa shape index (κ2) is 29.0. The van der Waals surface area contributed by atoms with Crippen molar-refractivity contribution in [3.8, 4) is 0 Å². The molecule has 83 heavy (non-hydrogen) atoms. The molecule has 0 radical (unpaired) electrons. The molecule has 14 heteroatoms. The van der Waals surface area contributed by atoms with Gasteiger partial charge in [0.15, 0.2) is 5.71 Å². The highest BCUT2D eigenvalue weighted by Gasteiger charge is 2.45. The third-order valence-corrected chi connectivity index (χ3v) is 20.2. The molecule has 2 aromatic rings. The molecule has 0 fully saturated rings. The first kappa shape index (κ1) is 65.6. The second-order valence-electron chi connectivity index (χ2n) is 26.3. The minimum absolute atomic E-state index is 0.0117. The van der Waals surface area contributed by atoms with Crippen molar-refractivity contribution < 1.29 is 42.1 Å². The summed E-state index contributed by atoms with van der Waals surface area (Å²) in [5, 5.41) is 28.5. The topological polar surface area (TPSA) is 176 Å². The van der Waals surface area contributed by atoms with Crippen molar-refractivity contribution in [3.63, 3.8) is 0 Å². The Labute approximate surface area is 502 Å². The van der Waals surface area contributed by atoms with E-state index in [1.165, 1.54) is 28.1 Å². The minimum Gasteiger partial charge on any atom is -0.393 e. The number of halogens is 1. The number of nitrogens with zero attached hydrogens (tertiary/aromatic N) is 2. The molecule has 0 spiro atoms. The maximum Gasteiger partial charge on any atom is 0.264 e. The number of hydrogen-bond acceptors (Lipinski definition) is 8. The normalized spacial score (nSPS) is 23.8. The number of aliphatic hydroxyl groups is 2. The fourth-order valence-corrected chi connectivity index (χ4v) is 14.6. The molecule has 5 aliphatic rings. The molecule has 0 saturated heterocycles. The van der Waals surface area contributed by atoms with E-state index in [9.17, 15) is 37.6 Å². The number of hydrogen-bond donors (Lipinski definition) is 5. The molecule has 2 amide bonds. The van der Waals surface area contributed by atoms with Crippen LogP contribution in [0.4, 0.5) is 11.4 Å². The molecule has 2 heterocycles. The highest BCUT2D eigenvalue weighted by atomic mass is 35.5. The maximum absolute atomic E-state index is 13.4. The molecule has 7 rings (SSSR count). The SMILES string of the molecule is CCC(C)(C)C(=O)C[C@H]1C[C@@H](C)C=C2C=C[C@H](C)[C@H](CC[C@@H](O)C[C@@H](O)CC(=O)NCCCNC(=O)CCCCC[N+]3=C(C=CC4=C(Cl)C(=CC=C5N(CCCCS(=O)(=O)O)c6ccccc6C5(C)C)CCC4)C(C)(C)c4ccccc43)[C@H]21. The molecule has 0 bridgehead atoms. The summed E-state index contributed by atoms with van der Waals surface area (Å²) in [6.45, 7) is 21.9. The van der Waals surface area contributed by atoms with E-state index >= 15 is 0 Å². The number of aliphatic hydroxyl groups excluding tert-OH is 2. The van der Waals surface area contributed by atoms with Gasteiger partial charge in [0.25, 0.3) is 10.1 Å². The lowest BCUT2D eigenvalue weighted by Crippen LogP contribution is -2.38. The van der Waals surface area contributed by atoms with Crippen molar-refractivity contribution in [2.75, 3.05) is 36.8 Å². The maximum atomic E-state index is 13.4. The van der Waals surface area contributed by atoms with Crippen molar-refractivity contribution in [3.05, 3.63) is 130 Å². The molecule has 3 aliphatic carbocycles. The van der Waals surface area contributed by atoms with Crippen molar-refractivity contribution in [2.24, 2.45) is 35.0 Å². The fraction of sp³-hybridized carbons (Fsp3) is 0.594. The van der Waals surface area contributed by atoms with Gasteiger partial charge in [0, 0.05) is 83.8 Å². The molecule has 12 nitrogen and oxygen atoms in total. The van der Waals surface area contributed by atoms with Gasteiger partial charge >= 0.3 is 0 Å². The number of allylic oxidation sites excluding steroid dienone is 12. The van der Waals surface area contributed by atoms with E-state index in [2.05, 4.69) is 167 Å². The van der Waals surface area contributed by atoms with Gasteiger partial charge in [0.1, 0.15) is 12.3 Å². The summed E-state index contributed by atoms with van der Waals surface area (Å²) in [5.74, 6) is 1.34. The van der Waals surface area contributed by atoms with Crippen LogP contribution in [0.5, 0.6) is 0 Å². The van der Waals surface area contributed by atoms with E-state index in [0.717, 1.165) is 91.9 Å². The summed E-state index contributed by atoms with van der Waals surface area (Å²) in [4.78, 5) is 41.4. The van der Waals surface area contributed by atoms with Crippen LogP contribution in [0, 0.1) is 35.0 Å². The first-order valence-electron chi connectivity index (χ1n) is 31.2. The predicted octanol–water partition coefficient (Wildman–Crippen LogP) is 13.5. The highest BCUT2D eigenvalue weighted by molar-refractivity contribution is 7.85. The standard InChI is InChI=1S/C69H97ClN4O8S/c1-10-67(4,5)62(77)44-52-43-47(2)42-51-30-29-48(3)55(65(51)52)34-33-53(75)45-54(76)46-64(79)72-38-21-37-71-63(78)28-12-11-17-39-73-58-26-15-13-24-56(58)68(6,7)60(73)35-31-49-22-20-23-50(66(49)70)32-36-61-69(8,9)57-25-14-16-27-59(57)74(61)40-18-19-41-83(80,81)82/h13-16,24-27,29-32,35-36,42,47-48,52-55,65,75-76H,10-12,17-23,28,33-34,37-41,43-46H2,1-9H3,(H2-,71,72,78,79,80,81,82)/p+1/t47-,48-,52+,53+,54+,55-,65+/m0/s1. The zero-order valence-electron chi connectivity index (χ0n) is 51.3. The second-order valence-corrected chi connectivity index (χ2v) is 28.3. The van der Waals surface area contributed by atoms with E-state index in [1.807, 2.05) is 6.07 Å². The van der Waals surface area contributed by atoms with Gasteiger partial charge in [-0.2, -0.15) is 13.0 Å². The number of carbonyl (C=O) groups excluding carboxylic acids is 3. The lowest BCUT2D eigenvalue weighted by atomic mass is 9.60. The number of para-hydroxylation sites is 2. The van der Waals surface area contributed by atoms with Crippen LogP contribution >= 0.6 is 11.6 Å². The molecule has 454 valence electrons. The number of amides is 2. The summed E-state index contributed by atoms with van der Waals surface area (Å²) < 4.78 is 34.7. The molecule has 0 aromatic heterocycles. The van der Waals surface area contributed by atoms with Crippen LogP contribution < -0.4 is 15.5 Å². The minimum atomic E-state index is -4.02. The number of Topliss-reactive ketones (excluding diaryl/α,β-unsaturated/α-hetero) is 1. The fourth-order valence-electron chi connectivity index (χ4n) is 13.7. The zero-order valence-corrected chi connectivity index (χ0v) is 52.9. The van der Waals surface area contributed by atoms with Crippen LogP contribution in [0.25, 0.3) is 0 Å². The Morgan fingerprint density at radius 2 is 1.58 bits per heavy atom. The Balaban J connectivity index is 0.845. The largest absolute Gasteiger partial charge is 0.393 e. The Kier molecular flexibility index (Phi) is 22.9. The molecule has 2 aromatic carbocycles. The monoisotopic (exact) mass is 1180 g/mol. The van der Waals surface area contributed by atoms with Crippen molar-refractivity contribution in [2.45, 2.75) is 195 Å². The lowest BCUT2D eigenvalue weighted by molar-refractivity contribution is -0.438. The first-order valence-corrected chi connectivity index (χ1v) is 33.2. The zero-order chi connectivity index (χ0) is 60.3. The van der Waals surface area contributed by atoms with Crippen molar-refractivity contribution >= 4 is 56.4 Å². The molecule has 7 atom stereocenters. The average molecular weight is 1180 g/mol. The number of rotatable bonds is 29. The Bertz CT molecular complexity index is 2980. The van der Waals surface area contributed by atoms with E-state index in [0.29, 0.717) is 81.7 Å². The highest BCUT2D eigenvalue weighted by Crippen LogP contribution is 2.50. The van der Waals surface area contributed by atoms with Gasteiger partial charge in [-0.1, -0.05) is 127 Å². The summed E-state index contributed by atoms with van der Waals surface area (Å²) in [6, 6.07) is 17.0. The van der Waals surface area contributed by atoms with Gasteiger partial charge in [-0.25, -0.2) is 0 Å². The van der Waals surface area contributed by atoms with Gasteiger partial charge in [0.2, 0.25) is 17.5 Å². The van der Waals surface area contributed by atoms with E-state index in [1.54, 1.807) is 0 Å². The number of nitrogens with one attached hydrogen (secondary N) is 2. The van der Waals surface area contributed by atoms with Crippen LogP contribution in [-0.4, -0.2) is 95.2 Å². The predicted molar refractivity (Wildman–Crippen MR) is 338 cm³/mol. The van der Waals surface area contributed by atoms with E-state index < -0.39 is 22.3 Å². The molecular weight excluding hydrogens is 1080 g/mol. The first-order chi connectivity index (χ1) is 39.3. The number of ketones is 1. The van der Waals surface area contributed by atoms with Crippen LogP contribution in [0.3, 0.4) is 0 Å². The summed E-state index contributed by atoms with van der Waals surface area (Å²) in [7, 11) is -4.02. The molecule has 0 unspecified atom stereocenters. The van der Waals surface area contributed by atoms with Gasteiger partial charge in [-0.15, -0.1) is 0 Å². The van der Waals surface area contributed by atoms with Gasteiger partial charge in [-0.05, 0) is 161 Å². The average Bonchev–Trinajstić information content (AvgIpc) is 4.04. The van der Waals surface area contributed by atoms with Crippen molar-refractivity contribution in [1.82, 2.24) is 10.6 Å². The Morgan fingerprint density at radius 1 is 0.867 bits per heavy atom. The number of fused-ring (bicyclic) bond motifs is 3. The summed E-state index contributed by atoms with van der Waals surface area (Å²) >= 11 is 7.30. The van der Waals surface area contributed by atoms with Crippen LogP contribution in [0.2, 0.25) is 0 Å². The van der Waals surface area contributed by atoms with E-state index in [-0.39, 0.29) is 58.5 Å². The van der Waals surface area contributed by atoms with Crippen LogP contribution in [0.1, 0.15) is 183 Å². The smallest absolute Gasteiger partial charge is 0.264 e. The van der Waals surface area contributed by atoms with Gasteiger partial charge in [-0.3, -0.25) is 18.9 Å². The van der Waals surface area contributed by atoms with E-state index in [4.69, 9.17) is 11.6 Å².